The molecule has 0 saturated heterocycles. The summed E-state index contributed by atoms with van der Waals surface area (Å²) < 4.78 is 5.14. The van der Waals surface area contributed by atoms with Crippen LogP contribution in [0, 0.1) is 0 Å². The molecule has 0 aliphatic carbocycles. The first kappa shape index (κ1) is 10.8. The van der Waals surface area contributed by atoms with Gasteiger partial charge in [-0.05, 0) is 23.6 Å². The predicted molar refractivity (Wildman–Crippen MR) is 59.4 cm³/mol. The number of hydrogen-bond acceptors (Lipinski definition) is 2. The van der Waals surface area contributed by atoms with Crippen molar-refractivity contribution in [3.8, 4) is 0 Å². The van der Waals surface area contributed by atoms with Gasteiger partial charge in [-0.25, -0.2) is 4.98 Å². The molecule has 0 N–H and O–H groups in total. The molecule has 0 amide bonds. The zero-order valence-corrected chi connectivity index (χ0v) is 9.24. The van der Waals surface area contributed by atoms with Crippen molar-refractivity contribution < 1.29 is 4.42 Å². The molecule has 2 heteroatoms. The van der Waals surface area contributed by atoms with E-state index in [1.54, 1.807) is 0 Å². The molecule has 0 fully saturated rings. The Kier molecular flexibility index (Phi) is 3.69. The zero-order valence-electron chi connectivity index (χ0n) is 9.24. The van der Waals surface area contributed by atoms with Crippen LogP contribution in [-0.4, -0.2) is 4.98 Å². The van der Waals surface area contributed by atoms with Crippen molar-refractivity contribution in [2.24, 2.45) is 0 Å². The lowest BCUT2D eigenvalue weighted by atomic mass is 10.0. The molecular weight excluding hydrogens is 174 g/mol. The van der Waals surface area contributed by atoms with Crippen LogP contribution in [0.2, 0.25) is 0 Å². The van der Waals surface area contributed by atoms with Gasteiger partial charge in [-0.15, -0.1) is 0 Å². The monoisotopic (exact) mass is 191 g/mol. The van der Waals surface area contributed by atoms with E-state index < -0.39 is 0 Å². The third kappa shape index (κ3) is 2.13. The lowest BCUT2D eigenvalue weighted by Gasteiger charge is -2.02. The van der Waals surface area contributed by atoms with Crippen LogP contribution in [0.1, 0.15) is 39.2 Å². The average molecular weight is 191 g/mol. The highest BCUT2D eigenvalue weighted by Gasteiger charge is 2.02. The number of nitrogens with zero attached hydrogens (tertiary/aromatic N) is 1. The number of aromatic nitrogens is 1. The standard InChI is InChI=1S/C10H11NO.C2H6/c1-7(2)8-3-4-10-9(5-8)11-6-12-10;1-2/h3-7H,1-2H3;1-2H3. The van der Waals surface area contributed by atoms with Crippen molar-refractivity contribution in [1.82, 2.24) is 4.98 Å². The molecule has 0 saturated carbocycles. The predicted octanol–water partition coefficient (Wildman–Crippen LogP) is 3.98. The highest BCUT2D eigenvalue weighted by atomic mass is 16.3. The van der Waals surface area contributed by atoms with E-state index in [1.807, 2.05) is 19.9 Å². The molecule has 0 aliphatic heterocycles. The van der Waals surface area contributed by atoms with E-state index in [9.17, 15) is 0 Å². The molecular formula is C12H17NO. The van der Waals surface area contributed by atoms with Crippen molar-refractivity contribution >= 4 is 11.1 Å². The van der Waals surface area contributed by atoms with Gasteiger partial charge in [0.1, 0.15) is 5.52 Å². The van der Waals surface area contributed by atoms with Gasteiger partial charge in [0.15, 0.2) is 12.0 Å². The van der Waals surface area contributed by atoms with Crippen LogP contribution in [0.5, 0.6) is 0 Å². The Hall–Kier alpha value is -1.31. The molecule has 1 aromatic heterocycles. The minimum atomic E-state index is 0.547. The quantitative estimate of drug-likeness (QED) is 0.681. The molecule has 76 valence electrons. The Labute approximate surface area is 85.0 Å². The number of rotatable bonds is 1. The van der Waals surface area contributed by atoms with Crippen molar-refractivity contribution in [3.05, 3.63) is 30.2 Å². The van der Waals surface area contributed by atoms with E-state index in [2.05, 4.69) is 31.0 Å². The number of benzene rings is 1. The number of oxazole rings is 1. The Morgan fingerprint density at radius 1 is 1.21 bits per heavy atom. The molecule has 0 bridgehead atoms. The summed E-state index contributed by atoms with van der Waals surface area (Å²) in [6.45, 7) is 8.34. The molecule has 2 nitrogen and oxygen atoms in total. The second-order valence-corrected chi connectivity index (χ2v) is 3.23. The zero-order chi connectivity index (χ0) is 10.6. The van der Waals surface area contributed by atoms with Crippen LogP contribution >= 0.6 is 0 Å². The van der Waals surface area contributed by atoms with Gasteiger partial charge in [0.2, 0.25) is 0 Å². The van der Waals surface area contributed by atoms with Crippen LogP contribution in [0.4, 0.5) is 0 Å². The Morgan fingerprint density at radius 2 is 1.93 bits per heavy atom. The second kappa shape index (κ2) is 4.80. The number of hydrogen-bond donors (Lipinski definition) is 0. The summed E-state index contributed by atoms with van der Waals surface area (Å²) in [4.78, 5) is 4.10. The summed E-state index contributed by atoms with van der Waals surface area (Å²) in [5.41, 5.74) is 3.11. The van der Waals surface area contributed by atoms with Gasteiger partial charge in [0.05, 0.1) is 0 Å². The highest BCUT2D eigenvalue weighted by Crippen LogP contribution is 2.19. The van der Waals surface area contributed by atoms with Crippen LogP contribution in [0.3, 0.4) is 0 Å². The van der Waals surface area contributed by atoms with Gasteiger partial charge >= 0.3 is 0 Å². The smallest absolute Gasteiger partial charge is 0.181 e. The van der Waals surface area contributed by atoms with Gasteiger partial charge in [-0.2, -0.15) is 0 Å². The molecule has 14 heavy (non-hydrogen) atoms. The fourth-order valence-corrected chi connectivity index (χ4v) is 1.23. The third-order valence-electron chi connectivity index (χ3n) is 2.02. The van der Waals surface area contributed by atoms with Gasteiger partial charge in [-0.1, -0.05) is 33.8 Å². The molecule has 2 rings (SSSR count). The molecule has 0 unspecified atom stereocenters. The first-order chi connectivity index (χ1) is 6.77. The van der Waals surface area contributed by atoms with Crippen LogP contribution < -0.4 is 0 Å². The summed E-state index contributed by atoms with van der Waals surface area (Å²) in [6.07, 6.45) is 1.48. The minimum Gasteiger partial charge on any atom is -0.443 e. The lowest BCUT2D eigenvalue weighted by Crippen LogP contribution is -1.85. The van der Waals surface area contributed by atoms with Crippen LogP contribution in [-0.2, 0) is 0 Å². The second-order valence-electron chi connectivity index (χ2n) is 3.23. The Morgan fingerprint density at radius 3 is 2.57 bits per heavy atom. The molecule has 1 heterocycles. The fraction of sp³-hybridized carbons (Fsp3) is 0.417. The summed E-state index contributed by atoms with van der Waals surface area (Å²) in [5, 5.41) is 0. The molecule has 0 aliphatic rings. The third-order valence-corrected chi connectivity index (χ3v) is 2.02. The SMILES string of the molecule is CC.CC(C)c1ccc2ocnc2c1. The van der Waals surface area contributed by atoms with Crippen LogP contribution in [0.25, 0.3) is 11.1 Å². The number of fused-ring (bicyclic) bond motifs is 1. The Bertz CT molecular complexity index is 390. The summed E-state index contributed by atoms with van der Waals surface area (Å²) >= 11 is 0. The fourth-order valence-electron chi connectivity index (χ4n) is 1.23. The van der Waals surface area contributed by atoms with E-state index in [0.29, 0.717) is 5.92 Å². The molecule has 2 aromatic rings. The maximum atomic E-state index is 5.14. The topological polar surface area (TPSA) is 26.0 Å². The van der Waals surface area contributed by atoms with Crippen molar-refractivity contribution in [2.45, 2.75) is 33.6 Å². The van der Waals surface area contributed by atoms with Crippen molar-refractivity contribution in [2.75, 3.05) is 0 Å². The molecule has 1 aromatic carbocycles. The van der Waals surface area contributed by atoms with E-state index in [1.165, 1.54) is 12.0 Å². The van der Waals surface area contributed by atoms with E-state index in [-0.39, 0.29) is 0 Å². The Balaban J connectivity index is 0.000000461. The lowest BCUT2D eigenvalue weighted by molar-refractivity contribution is 0.602. The van der Waals surface area contributed by atoms with Gasteiger partial charge in [0.25, 0.3) is 0 Å². The maximum absolute atomic E-state index is 5.14. The van der Waals surface area contributed by atoms with Gasteiger partial charge in [0, 0.05) is 0 Å². The van der Waals surface area contributed by atoms with E-state index >= 15 is 0 Å². The van der Waals surface area contributed by atoms with E-state index in [0.717, 1.165) is 11.1 Å². The summed E-state index contributed by atoms with van der Waals surface area (Å²) in [6, 6.07) is 6.12. The van der Waals surface area contributed by atoms with Gasteiger partial charge < -0.3 is 4.42 Å². The minimum absolute atomic E-state index is 0.547. The van der Waals surface area contributed by atoms with Crippen molar-refractivity contribution in [3.63, 3.8) is 0 Å². The molecule has 0 radical (unpaired) electrons. The van der Waals surface area contributed by atoms with Crippen LogP contribution in [0.15, 0.2) is 29.0 Å². The summed E-state index contributed by atoms with van der Waals surface area (Å²) in [7, 11) is 0. The van der Waals surface area contributed by atoms with Crippen molar-refractivity contribution in [1.29, 1.82) is 0 Å². The summed E-state index contributed by atoms with van der Waals surface area (Å²) in [5.74, 6) is 0.547. The van der Waals surface area contributed by atoms with E-state index in [4.69, 9.17) is 4.42 Å². The first-order valence-electron chi connectivity index (χ1n) is 5.10. The maximum Gasteiger partial charge on any atom is 0.181 e. The largest absolute Gasteiger partial charge is 0.443 e. The highest BCUT2D eigenvalue weighted by molar-refractivity contribution is 5.72. The normalized spacial score (nSPS) is 10.1. The molecule has 0 atom stereocenters. The molecule has 0 spiro atoms. The van der Waals surface area contributed by atoms with Gasteiger partial charge in [-0.3, -0.25) is 0 Å². The average Bonchev–Trinajstić information content (AvgIpc) is 2.67. The first-order valence-corrected chi connectivity index (χ1v) is 5.10.